The Morgan fingerprint density at radius 1 is 1.31 bits per heavy atom. The van der Waals surface area contributed by atoms with Crippen LogP contribution in [0.2, 0.25) is 0 Å². The maximum atomic E-state index is 11.6. The third kappa shape index (κ3) is 10.2. The molecule has 0 aromatic heterocycles. The Hall–Kier alpha value is -0.330. The van der Waals surface area contributed by atoms with Gasteiger partial charge in [-0.3, -0.25) is 4.74 Å². The molecular weight excluding hydrogens is 223 g/mol. The Labute approximate surface area is 94.0 Å². The summed E-state index contributed by atoms with van der Waals surface area (Å²) in [6.45, 7) is 2.57. The van der Waals surface area contributed by atoms with Gasteiger partial charge in [0.1, 0.15) is 0 Å². The molecule has 0 radical (unpaired) electrons. The largest absolute Gasteiger partial charge is 0.522 e. The van der Waals surface area contributed by atoms with Gasteiger partial charge in [0, 0.05) is 13.2 Å². The van der Waals surface area contributed by atoms with E-state index in [9.17, 15) is 13.2 Å². The van der Waals surface area contributed by atoms with E-state index in [1.54, 1.807) is 0 Å². The molecule has 0 bridgehead atoms. The monoisotopic (exact) mass is 243 g/mol. The summed E-state index contributed by atoms with van der Waals surface area (Å²) in [4.78, 5) is 0. The molecule has 0 aliphatic rings. The number of rotatable bonds is 9. The highest BCUT2D eigenvalue weighted by molar-refractivity contribution is 4.61. The van der Waals surface area contributed by atoms with Crippen LogP contribution >= 0.6 is 0 Å². The van der Waals surface area contributed by atoms with Crippen molar-refractivity contribution in [2.75, 3.05) is 26.3 Å². The van der Waals surface area contributed by atoms with Crippen molar-refractivity contribution >= 4 is 0 Å². The number of aliphatic hydroxyl groups is 1. The first kappa shape index (κ1) is 15.7. The molecule has 0 aliphatic carbocycles. The fraction of sp³-hybridized carbons (Fsp3) is 1.00. The summed E-state index contributed by atoms with van der Waals surface area (Å²) in [5.41, 5.74) is 0. The third-order valence-corrected chi connectivity index (χ3v) is 2.21. The first-order valence-corrected chi connectivity index (χ1v) is 5.51. The average molecular weight is 243 g/mol. The molecule has 3 nitrogen and oxygen atoms in total. The van der Waals surface area contributed by atoms with Crippen LogP contribution in [0, 0.1) is 5.92 Å². The van der Waals surface area contributed by atoms with E-state index in [2.05, 4.69) is 10.1 Å². The number of hydrogen-bond donors (Lipinski definition) is 2. The second-order valence-electron chi connectivity index (χ2n) is 3.67. The molecule has 0 heterocycles. The quantitative estimate of drug-likeness (QED) is 0.608. The van der Waals surface area contributed by atoms with Crippen molar-refractivity contribution in [2.24, 2.45) is 5.92 Å². The Morgan fingerprint density at radius 2 is 2.00 bits per heavy atom. The molecule has 0 rings (SSSR count). The Morgan fingerprint density at radius 3 is 2.50 bits per heavy atom. The first-order chi connectivity index (χ1) is 7.49. The van der Waals surface area contributed by atoms with E-state index in [0.717, 1.165) is 12.8 Å². The number of alkyl halides is 3. The highest BCUT2D eigenvalue weighted by Gasteiger charge is 2.28. The molecule has 98 valence electrons. The Kier molecular flexibility index (Phi) is 8.60. The lowest BCUT2D eigenvalue weighted by Gasteiger charge is -2.15. The second-order valence-corrected chi connectivity index (χ2v) is 3.67. The van der Waals surface area contributed by atoms with Crippen LogP contribution in [0.3, 0.4) is 0 Å². The number of hydrogen-bond acceptors (Lipinski definition) is 3. The van der Waals surface area contributed by atoms with Crippen LogP contribution in [0.25, 0.3) is 0 Å². The minimum Gasteiger partial charge on any atom is -0.396 e. The zero-order valence-corrected chi connectivity index (χ0v) is 9.52. The Balaban J connectivity index is 3.46. The van der Waals surface area contributed by atoms with Crippen LogP contribution in [0.5, 0.6) is 0 Å². The highest BCUT2D eigenvalue weighted by atomic mass is 19.4. The van der Waals surface area contributed by atoms with Crippen molar-refractivity contribution in [2.45, 2.75) is 32.5 Å². The van der Waals surface area contributed by atoms with Gasteiger partial charge in [0.25, 0.3) is 0 Å². The number of aliphatic hydroxyl groups excluding tert-OH is 1. The van der Waals surface area contributed by atoms with E-state index in [1.165, 1.54) is 0 Å². The molecule has 0 spiro atoms. The van der Waals surface area contributed by atoms with Crippen LogP contribution in [-0.4, -0.2) is 37.8 Å². The molecule has 0 saturated carbocycles. The summed E-state index contributed by atoms with van der Waals surface area (Å²) in [6, 6.07) is 0. The van der Waals surface area contributed by atoms with Crippen LogP contribution in [-0.2, 0) is 4.74 Å². The predicted octanol–water partition coefficient (Wildman–Crippen LogP) is 1.91. The van der Waals surface area contributed by atoms with Gasteiger partial charge < -0.3 is 10.4 Å². The normalized spacial score (nSPS) is 14.1. The number of ether oxygens (including phenoxy) is 1. The lowest BCUT2D eigenvalue weighted by Crippen LogP contribution is -2.29. The van der Waals surface area contributed by atoms with E-state index < -0.39 is 6.36 Å². The minimum atomic E-state index is -4.55. The summed E-state index contributed by atoms with van der Waals surface area (Å²) in [5, 5.41) is 11.7. The Bertz CT molecular complexity index is 159. The zero-order valence-electron chi connectivity index (χ0n) is 9.52. The number of halogens is 3. The SMILES string of the molecule is CCCC(CCO)CNCCOC(F)(F)F. The van der Waals surface area contributed by atoms with E-state index in [1.807, 2.05) is 6.92 Å². The summed E-state index contributed by atoms with van der Waals surface area (Å²) >= 11 is 0. The van der Waals surface area contributed by atoms with Gasteiger partial charge in [-0.15, -0.1) is 13.2 Å². The molecule has 0 aromatic rings. The molecular formula is C10H20F3NO2. The molecule has 6 heteroatoms. The lowest BCUT2D eigenvalue weighted by molar-refractivity contribution is -0.323. The average Bonchev–Trinajstić information content (AvgIpc) is 2.16. The maximum absolute atomic E-state index is 11.6. The summed E-state index contributed by atoms with van der Waals surface area (Å²) in [7, 11) is 0. The highest BCUT2D eigenvalue weighted by Crippen LogP contribution is 2.15. The summed E-state index contributed by atoms with van der Waals surface area (Å²) in [6.07, 6.45) is -1.89. The van der Waals surface area contributed by atoms with Gasteiger partial charge in [-0.1, -0.05) is 13.3 Å². The van der Waals surface area contributed by atoms with E-state index in [0.29, 0.717) is 18.9 Å². The lowest BCUT2D eigenvalue weighted by atomic mass is 10.0. The maximum Gasteiger partial charge on any atom is 0.522 e. The smallest absolute Gasteiger partial charge is 0.396 e. The summed E-state index contributed by atoms with van der Waals surface area (Å²) in [5.74, 6) is 0.320. The van der Waals surface area contributed by atoms with Crippen LogP contribution in [0.1, 0.15) is 26.2 Å². The molecule has 1 atom stereocenters. The van der Waals surface area contributed by atoms with Gasteiger partial charge in [-0.05, 0) is 25.3 Å². The predicted molar refractivity (Wildman–Crippen MR) is 55.0 cm³/mol. The van der Waals surface area contributed by atoms with Crippen molar-refractivity contribution in [1.82, 2.24) is 5.32 Å². The van der Waals surface area contributed by atoms with E-state index >= 15 is 0 Å². The molecule has 16 heavy (non-hydrogen) atoms. The van der Waals surface area contributed by atoms with Crippen molar-refractivity contribution in [3.63, 3.8) is 0 Å². The van der Waals surface area contributed by atoms with Gasteiger partial charge in [-0.2, -0.15) is 0 Å². The van der Waals surface area contributed by atoms with Gasteiger partial charge in [0.15, 0.2) is 0 Å². The molecule has 1 unspecified atom stereocenters. The van der Waals surface area contributed by atoms with Crippen molar-refractivity contribution in [3.05, 3.63) is 0 Å². The van der Waals surface area contributed by atoms with Crippen LogP contribution in [0.15, 0.2) is 0 Å². The van der Waals surface area contributed by atoms with Gasteiger partial charge >= 0.3 is 6.36 Å². The fourth-order valence-electron chi connectivity index (χ4n) is 1.48. The number of nitrogens with one attached hydrogen (secondary N) is 1. The van der Waals surface area contributed by atoms with Crippen LogP contribution in [0.4, 0.5) is 13.2 Å². The van der Waals surface area contributed by atoms with Gasteiger partial charge in [-0.25, -0.2) is 0 Å². The van der Waals surface area contributed by atoms with E-state index in [-0.39, 0.29) is 19.8 Å². The molecule has 0 fully saturated rings. The van der Waals surface area contributed by atoms with Gasteiger partial charge in [0.2, 0.25) is 0 Å². The molecule has 0 amide bonds. The standard InChI is InChI=1S/C10H20F3NO2/c1-2-3-9(4-6-15)8-14-5-7-16-10(11,12)13/h9,14-15H,2-8H2,1H3. The summed E-state index contributed by atoms with van der Waals surface area (Å²) < 4.78 is 38.4. The van der Waals surface area contributed by atoms with E-state index in [4.69, 9.17) is 5.11 Å². The topological polar surface area (TPSA) is 41.5 Å². The molecule has 2 N–H and O–H groups in total. The van der Waals surface area contributed by atoms with Crippen molar-refractivity contribution < 1.29 is 23.0 Å². The first-order valence-electron chi connectivity index (χ1n) is 5.51. The zero-order chi connectivity index (χ0) is 12.4. The third-order valence-electron chi connectivity index (χ3n) is 2.21. The van der Waals surface area contributed by atoms with Crippen molar-refractivity contribution in [3.8, 4) is 0 Å². The molecule has 0 aliphatic heterocycles. The fourth-order valence-corrected chi connectivity index (χ4v) is 1.48. The minimum absolute atomic E-state index is 0.116. The molecule has 0 saturated heterocycles. The molecule has 0 aromatic carbocycles. The van der Waals surface area contributed by atoms with Crippen molar-refractivity contribution in [1.29, 1.82) is 0 Å². The second kappa shape index (κ2) is 8.78. The van der Waals surface area contributed by atoms with Crippen LogP contribution < -0.4 is 5.32 Å². The van der Waals surface area contributed by atoms with Gasteiger partial charge in [0.05, 0.1) is 6.61 Å².